The first-order valence-electron chi connectivity index (χ1n) is 0.565. The molecule has 0 aromatic rings. The minimum atomic E-state index is -1.50. The summed E-state index contributed by atoms with van der Waals surface area (Å²) in [6.07, 6.45) is 0. The van der Waals surface area contributed by atoms with Crippen molar-refractivity contribution in [2.45, 2.75) is 0 Å². The summed E-state index contributed by atoms with van der Waals surface area (Å²) in [5.41, 5.74) is 0. The molecule has 4 nitrogen and oxygen atoms in total. The van der Waals surface area contributed by atoms with Gasteiger partial charge in [-0.05, 0) is 0 Å². The third-order valence-corrected chi connectivity index (χ3v) is 0. The molecule has 0 heterocycles. The molecule has 0 rings (SSSR count). The van der Waals surface area contributed by atoms with Crippen LogP contribution in [0.1, 0.15) is 0 Å². The molecule has 0 radical (unpaired) electrons. The van der Waals surface area contributed by atoms with Crippen LogP contribution >= 0.6 is 0 Å². The van der Waals surface area contributed by atoms with E-state index in [1.165, 1.54) is 0 Å². The standard InChI is InChI=1S/Fe.Li.HNO3.H/c;;2-1(3)4;/h;;(H,2,3,4);. The van der Waals surface area contributed by atoms with Crippen LogP contribution in [-0.4, -0.2) is 29.2 Å². The van der Waals surface area contributed by atoms with E-state index in [1.807, 2.05) is 0 Å². The quantitative estimate of drug-likeness (QED) is 0.258. The van der Waals surface area contributed by atoms with E-state index in [9.17, 15) is 0 Å². The normalized spacial score (nSPS) is 4.00. The zero-order chi connectivity index (χ0) is 3.58. The van der Waals surface area contributed by atoms with Crippen LogP contribution in [0.4, 0.5) is 0 Å². The molecule has 0 aliphatic carbocycles. The van der Waals surface area contributed by atoms with E-state index in [0.29, 0.717) is 0 Å². The molecule has 0 fully saturated rings. The van der Waals surface area contributed by atoms with E-state index in [4.69, 9.17) is 15.3 Å². The Bertz CT molecular complexity index is 33.8. The second kappa shape index (κ2) is 9.01. The first-order valence-corrected chi connectivity index (χ1v) is 0.565. The van der Waals surface area contributed by atoms with Crippen molar-refractivity contribution in [3.63, 3.8) is 0 Å². The summed E-state index contributed by atoms with van der Waals surface area (Å²) in [5.74, 6) is 0. The molecule has 0 bridgehead atoms. The van der Waals surface area contributed by atoms with Crippen molar-refractivity contribution < 1.29 is 27.4 Å². The van der Waals surface area contributed by atoms with E-state index in [1.54, 1.807) is 0 Å². The van der Waals surface area contributed by atoms with Gasteiger partial charge in [-0.15, -0.1) is 10.1 Å². The van der Waals surface area contributed by atoms with Gasteiger partial charge in [0.05, 0.1) is 0 Å². The monoisotopic (exact) mass is 127 g/mol. The van der Waals surface area contributed by atoms with Crippen molar-refractivity contribution in [3.05, 3.63) is 10.1 Å². The summed E-state index contributed by atoms with van der Waals surface area (Å²) in [4.78, 5) is 8.36. The summed E-state index contributed by atoms with van der Waals surface area (Å²) in [6.45, 7) is 0. The van der Waals surface area contributed by atoms with Gasteiger partial charge in [0.15, 0.2) is 0 Å². The van der Waals surface area contributed by atoms with Crippen LogP contribution in [0.15, 0.2) is 0 Å². The molecule has 0 spiro atoms. The minimum absolute atomic E-state index is 0. The Morgan fingerprint density at radius 1 is 1.67 bits per heavy atom. The van der Waals surface area contributed by atoms with Crippen molar-refractivity contribution in [2.24, 2.45) is 0 Å². The second-order valence-corrected chi connectivity index (χ2v) is 0.238. The predicted molar refractivity (Wildman–Crippen MR) is 15.9 cm³/mol. The fourth-order valence-corrected chi connectivity index (χ4v) is 0. The molecule has 0 aromatic heterocycles. The predicted octanol–water partition coefficient (Wildman–Crippen LogP) is -0.999. The molecule has 0 saturated carbocycles. The van der Waals surface area contributed by atoms with Crippen LogP contribution in [0, 0.1) is 10.1 Å². The summed E-state index contributed by atoms with van der Waals surface area (Å²) < 4.78 is 0. The Morgan fingerprint density at radius 2 is 1.67 bits per heavy atom. The van der Waals surface area contributed by atoms with Crippen LogP contribution in [0.3, 0.4) is 0 Å². The average molecular weight is 127 g/mol. The van der Waals surface area contributed by atoms with Crippen molar-refractivity contribution in [2.75, 3.05) is 0 Å². The summed E-state index contributed by atoms with van der Waals surface area (Å²) >= 11 is 0. The molecule has 1 N–H and O–H groups in total. The molecule has 0 aliphatic rings. The molecule has 0 atom stereocenters. The third-order valence-electron chi connectivity index (χ3n) is 0. The second-order valence-electron chi connectivity index (χ2n) is 0.238. The first-order chi connectivity index (χ1) is 1.73. The number of hydrogen-bond donors (Lipinski definition) is 1. The molecular weight excluding hydrogens is 125 g/mol. The summed E-state index contributed by atoms with van der Waals surface area (Å²) in [6, 6.07) is 0. The third kappa shape index (κ3) is 473. The van der Waals surface area contributed by atoms with Gasteiger partial charge in [-0.2, -0.15) is 0 Å². The average Bonchev–Trinajstić information content (AvgIpc) is 0.811. The van der Waals surface area contributed by atoms with Crippen molar-refractivity contribution >= 4 is 18.9 Å². The van der Waals surface area contributed by atoms with Gasteiger partial charge in [0.2, 0.25) is 0 Å². The van der Waals surface area contributed by atoms with Gasteiger partial charge in [-0.1, -0.05) is 0 Å². The van der Waals surface area contributed by atoms with E-state index in [0.717, 1.165) is 0 Å². The van der Waals surface area contributed by atoms with Crippen molar-refractivity contribution in [1.29, 1.82) is 0 Å². The van der Waals surface area contributed by atoms with Gasteiger partial charge in [0, 0.05) is 17.1 Å². The summed E-state index contributed by atoms with van der Waals surface area (Å²) in [7, 11) is 0. The Labute approximate surface area is 56.7 Å². The Hall–Kier alpha value is 0.317. The molecule has 0 aliphatic heterocycles. The first kappa shape index (κ1) is 16.2. The van der Waals surface area contributed by atoms with Crippen LogP contribution in [-0.2, 0) is 17.1 Å². The Morgan fingerprint density at radius 3 is 1.67 bits per heavy atom. The Kier molecular flexibility index (Phi) is 24.4. The van der Waals surface area contributed by atoms with E-state index < -0.39 is 5.09 Å². The zero-order valence-corrected chi connectivity index (χ0v) is 3.17. The molecule has 34 valence electrons. The van der Waals surface area contributed by atoms with Gasteiger partial charge in [0.1, 0.15) is 0 Å². The number of hydrogen-bond acceptors (Lipinski definition) is 2. The fourth-order valence-electron chi connectivity index (χ4n) is 0. The zero-order valence-electron chi connectivity index (χ0n) is 2.06. The van der Waals surface area contributed by atoms with E-state index in [2.05, 4.69) is 0 Å². The molecule has 0 saturated heterocycles. The molecule has 6 heteroatoms. The van der Waals surface area contributed by atoms with Crippen LogP contribution in [0.2, 0.25) is 0 Å². The molecular formula is H2FeLiNO3. The Balaban J connectivity index is -0.0000000450. The maximum atomic E-state index is 8.36. The van der Waals surface area contributed by atoms with Gasteiger partial charge in [-0.25, -0.2) is 0 Å². The summed E-state index contributed by atoms with van der Waals surface area (Å²) in [5, 5.41) is 13.6. The van der Waals surface area contributed by atoms with Crippen LogP contribution in [0.5, 0.6) is 0 Å². The van der Waals surface area contributed by atoms with Gasteiger partial charge in [-0.3, -0.25) is 0 Å². The molecule has 0 amide bonds. The topological polar surface area (TPSA) is 63.4 Å². The van der Waals surface area contributed by atoms with Gasteiger partial charge in [0.25, 0.3) is 5.09 Å². The van der Waals surface area contributed by atoms with Crippen molar-refractivity contribution in [3.8, 4) is 0 Å². The van der Waals surface area contributed by atoms with E-state index in [-0.39, 0.29) is 35.9 Å². The van der Waals surface area contributed by atoms with E-state index >= 15 is 0 Å². The molecule has 6 heavy (non-hydrogen) atoms. The fraction of sp³-hybridized carbons (Fsp3) is 0. The van der Waals surface area contributed by atoms with Crippen LogP contribution in [0.25, 0.3) is 0 Å². The SMILES string of the molecule is O=[N+]([O-])O.[Fe].[LiH]. The van der Waals surface area contributed by atoms with Crippen molar-refractivity contribution in [1.82, 2.24) is 0 Å². The molecule has 0 unspecified atom stereocenters. The maximum absolute atomic E-state index is 8.36. The number of nitrogens with zero attached hydrogens (tertiary/aromatic N) is 1. The van der Waals surface area contributed by atoms with Gasteiger partial charge >= 0.3 is 18.9 Å². The number of rotatable bonds is 0. The molecule has 0 aromatic carbocycles. The van der Waals surface area contributed by atoms with Crippen LogP contribution < -0.4 is 0 Å². The van der Waals surface area contributed by atoms with Gasteiger partial charge < -0.3 is 5.21 Å².